The summed E-state index contributed by atoms with van der Waals surface area (Å²) in [5.74, 6) is 1.52. The van der Waals surface area contributed by atoms with E-state index < -0.39 is 0 Å². The molecular formula is C16H29N3O. The van der Waals surface area contributed by atoms with Crippen LogP contribution in [0.1, 0.15) is 13.8 Å². The Hall–Kier alpha value is -1.26. The zero-order chi connectivity index (χ0) is 15.0. The highest BCUT2D eigenvalue weighted by molar-refractivity contribution is 5.43. The van der Waals surface area contributed by atoms with Gasteiger partial charge in [-0.15, -0.1) is 0 Å². The van der Waals surface area contributed by atoms with E-state index in [9.17, 15) is 0 Å². The third-order valence-electron chi connectivity index (χ3n) is 3.02. The van der Waals surface area contributed by atoms with Crippen molar-refractivity contribution in [3.05, 3.63) is 24.3 Å². The molecule has 0 bridgehead atoms. The molecule has 4 nitrogen and oxygen atoms in total. The number of benzene rings is 1. The van der Waals surface area contributed by atoms with Gasteiger partial charge in [0.1, 0.15) is 12.4 Å². The third-order valence-corrected chi connectivity index (χ3v) is 3.02. The number of anilines is 1. The number of hydrogen-bond acceptors (Lipinski definition) is 4. The molecule has 0 atom stereocenters. The predicted octanol–water partition coefficient (Wildman–Crippen LogP) is 2.17. The Bertz CT molecular complexity index is 380. The van der Waals surface area contributed by atoms with E-state index in [-0.39, 0.29) is 0 Å². The number of nitrogens with two attached hydrogens (primary N) is 1. The lowest BCUT2D eigenvalue weighted by Crippen LogP contribution is -2.37. The van der Waals surface area contributed by atoms with Crippen LogP contribution in [0.15, 0.2) is 24.3 Å². The summed E-state index contributed by atoms with van der Waals surface area (Å²) in [4.78, 5) is 4.67. The van der Waals surface area contributed by atoms with Gasteiger partial charge in [0.05, 0.1) is 0 Å². The maximum absolute atomic E-state index is 5.77. The molecule has 1 rings (SSSR count). The van der Waals surface area contributed by atoms with Gasteiger partial charge in [0.2, 0.25) is 0 Å². The molecule has 0 aliphatic carbocycles. The molecule has 0 aliphatic rings. The first-order chi connectivity index (χ1) is 9.47. The highest BCUT2D eigenvalue weighted by Crippen LogP contribution is 2.14. The highest BCUT2D eigenvalue weighted by Gasteiger charge is 2.08. The molecule has 0 radical (unpaired) electrons. The van der Waals surface area contributed by atoms with E-state index in [0.29, 0.717) is 12.5 Å². The van der Waals surface area contributed by atoms with Gasteiger partial charge in [0.25, 0.3) is 0 Å². The van der Waals surface area contributed by atoms with Gasteiger partial charge >= 0.3 is 0 Å². The number of rotatable bonds is 9. The number of hydrogen-bond donors (Lipinski definition) is 1. The van der Waals surface area contributed by atoms with Gasteiger partial charge in [-0.1, -0.05) is 19.9 Å². The van der Waals surface area contributed by atoms with E-state index in [1.54, 1.807) is 0 Å². The first-order valence-corrected chi connectivity index (χ1v) is 7.33. The number of nitrogen functional groups attached to an aromatic ring is 1. The van der Waals surface area contributed by atoms with Crippen molar-refractivity contribution in [3.8, 4) is 5.75 Å². The molecule has 1 aromatic rings. The lowest BCUT2D eigenvalue weighted by molar-refractivity contribution is 0.179. The number of ether oxygens (including phenoxy) is 1. The van der Waals surface area contributed by atoms with Gasteiger partial charge in [-0.25, -0.2) is 0 Å². The number of likely N-dealkylation sites (N-methyl/N-ethyl adjacent to an activating group) is 1. The quantitative estimate of drug-likeness (QED) is 0.703. The fourth-order valence-corrected chi connectivity index (χ4v) is 2.05. The van der Waals surface area contributed by atoms with Crippen molar-refractivity contribution >= 4 is 5.69 Å². The molecule has 0 saturated heterocycles. The van der Waals surface area contributed by atoms with Crippen LogP contribution in [0.4, 0.5) is 5.69 Å². The first kappa shape index (κ1) is 16.8. The maximum Gasteiger partial charge on any atom is 0.121 e. The molecule has 0 spiro atoms. The van der Waals surface area contributed by atoms with Crippen molar-refractivity contribution in [2.24, 2.45) is 5.92 Å². The Labute approximate surface area is 123 Å². The SMILES string of the molecule is CC(C)CN(CCOc1cccc(N)c1)CCN(C)C. The molecule has 0 fully saturated rings. The van der Waals surface area contributed by atoms with Crippen molar-refractivity contribution in [2.45, 2.75) is 13.8 Å². The van der Waals surface area contributed by atoms with Crippen LogP contribution in [-0.2, 0) is 0 Å². The zero-order valence-corrected chi connectivity index (χ0v) is 13.3. The van der Waals surface area contributed by atoms with Crippen molar-refractivity contribution in [3.63, 3.8) is 0 Å². The summed E-state index contributed by atoms with van der Waals surface area (Å²) < 4.78 is 5.77. The average Bonchev–Trinajstić information content (AvgIpc) is 2.35. The van der Waals surface area contributed by atoms with Gasteiger partial charge in [0, 0.05) is 37.9 Å². The van der Waals surface area contributed by atoms with Gasteiger partial charge in [0.15, 0.2) is 0 Å². The van der Waals surface area contributed by atoms with E-state index in [0.717, 1.165) is 37.6 Å². The topological polar surface area (TPSA) is 41.7 Å². The molecule has 2 N–H and O–H groups in total. The van der Waals surface area contributed by atoms with Crippen LogP contribution in [0.25, 0.3) is 0 Å². The molecule has 0 aliphatic heterocycles. The van der Waals surface area contributed by atoms with Crippen LogP contribution in [0, 0.1) is 5.92 Å². The van der Waals surface area contributed by atoms with E-state index in [4.69, 9.17) is 10.5 Å². The molecule has 0 amide bonds. The molecule has 1 aromatic carbocycles. The second kappa shape index (κ2) is 8.82. The highest BCUT2D eigenvalue weighted by atomic mass is 16.5. The zero-order valence-electron chi connectivity index (χ0n) is 13.3. The minimum atomic E-state index is 0.671. The Balaban J connectivity index is 2.37. The van der Waals surface area contributed by atoms with Gasteiger partial charge in [-0.2, -0.15) is 0 Å². The average molecular weight is 279 g/mol. The van der Waals surface area contributed by atoms with Crippen LogP contribution >= 0.6 is 0 Å². The van der Waals surface area contributed by atoms with Crippen molar-refractivity contribution < 1.29 is 4.74 Å². The second-order valence-corrected chi connectivity index (χ2v) is 5.92. The van der Waals surface area contributed by atoms with Crippen LogP contribution in [0.2, 0.25) is 0 Å². The molecule has 0 aromatic heterocycles. The Morgan fingerprint density at radius 3 is 2.50 bits per heavy atom. The van der Waals surface area contributed by atoms with E-state index >= 15 is 0 Å². The Morgan fingerprint density at radius 2 is 1.90 bits per heavy atom. The smallest absolute Gasteiger partial charge is 0.121 e. The van der Waals surface area contributed by atoms with Gasteiger partial charge < -0.3 is 15.4 Å². The minimum Gasteiger partial charge on any atom is -0.492 e. The third kappa shape index (κ3) is 7.36. The molecule has 4 heteroatoms. The molecular weight excluding hydrogens is 250 g/mol. The van der Waals surface area contributed by atoms with Crippen molar-refractivity contribution in [1.82, 2.24) is 9.80 Å². The summed E-state index contributed by atoms with van der Waals surface area (Å²) in [6.07, 6.45) is 0. The summed E-state index contributed by atoms with van der Waals surface area (Å²) in [5, 5.41) is 0. The van der Waals surface area contributed by atoms with Crippen molar-refractivity contribution in [2.75, 3.05) is 52.6 Å². The van der Waals surface area contributed by atoms with Crippen LogP contribution in [0.5, 0.6) is 5.75 Å². The fraction of sp³-hybridized carbons (Fsp3) is 0.625. The Morgan fingerprint density at radius 1 is 1.15 bits per heavy atom. The van der Waals surface area contributed by atoms with Crippen LogP contribution in [-0.4, -0.2) is 56.7 Å². The summed E-state index contributed by atoms with van der Waals surface area (Å²) in [6.45, 7) is 9.40. The summed E-state index contributed by atoms with van der Waals surface area (Å²) in [7, 11) is 4.22. The van der Waals surface area contributed by atoms with Crippen molar-refractivity contribution in [1.29, 1.82) is 0 Å². The van der Waals surface area contributed by atoms with Gasteiger partial charge in [-0.3, -0.25) is 4.90 Å². The predicted molar refractivity (Wildman–Crippen MR) is 86.2 cm³/mol. The van der Waals surface area contributed by atoms with E-state index in [1.165, 1.54) is 0 Å². The molecule has 0 unspecified atom stereocenters. The molecule has 0 saturated carbocycles. The summed E-state index contributed by atoms with van der Waals surface area (Å²) >= 11 is 0. The largest absolute Gasteiger partial charge is 0.492 e. The fourth-order valence-electron chi connectivity index (χ4n) is 2.05. The first-order valence-electron chi connectivity index (χ1n) is 7.33. The molecule has 0 heterocycles. The van der Waals surface area contributed by atoms with E-state index in [1.807, 2.05) is 24.3 Å². The monoisotopic (exact) mass is 279 g/mol. The number of nitrogens with zero attached hydrogens (tertiary/aromatic N) is 2. The summed E-state index contributed by atoms with van der Waals surface area (Å²) in [5.41, 5.74) is 6.49. The minimum absolute atomic E-state index is 0.671. The van der Waals surface area contributed by atoms with Crippen LogP contribution < -0.4 is 10.5 Å². The maximum atomic E-state index is 5.77. The normalized spacial score (nSPS) is 11.6. The lowest BCUT2D eigenvalue weighted by atomic mass is 10.2. The van der Waals surface area contributed by atoms with E-state index in [2.05, 4.69) is 37.7 Å². The molecule has 114 valence electrons. The Kier molecular flexibility index (Phi) is 7.41. The van der Waals surface area contributed by atoms with Crippen LogP contribution in [0.3, 0.4) is 0 Å². The summed E-state index contributed by atoms with van der Waals surface area (Å²) in [6, 6.07) is 7.60. The second-order valence-electron chi connectivity index (χ2n) is 5.92. The molecule has 20 heavy (non-hydrogen) atoms. The lowest BCUT2D eigenvalue weighted by Gasteiger charge is -2.25. The van der Waals surface area contributed by atoms with Gasteiger partial charge in [-0.05, 0) is 32.1 Å². The standard InChI is InChI=1S/C16H29N3O/c1-14(2)13-19(9-8-18(3)4)10-11-20-16-7-5-6-15(17)12-16/h5-7,12,14H,8-11,13,17H2,1-4H3.